The molecule has 0 spiro atoms. The predicted molar refractivity (Wildman–Crippen MR) is 130 cm³/mol. The number of hydrogen-bond donors (Lipinski definition) is 0. The first-order chi connectivity index (χ1) is 16.8. The SMILES string of the molecule is CCOC(=O)c1sc(N2C(=O)c3oc4ccc(F)cc4c(=O)c3[C@@H]2c2ccc(CC)cc2)nc1C. The molecule has 7 nitrogen and oxygen atoms in total. The molecule has 1 aliphatic heterocycles. The fraction of sp³-hybridized carbons (Fsp3) is 0.231. The maximum absolute atomic E-state index is 14.0. The number of aryl methyl sites for hydroxylation is 2. The van der Waals surface area contributed by atoms with Crippen molar-refractivity contribution in [1.82, 2.24) is 4.98 Å². The van der Waals surface area contributed by atoms with Crippen molar-refractivity contribution in [3.8, 4) is 0 Å². The van der Waals surface area contributed by atoms with Crippen LogP contribution in [-0.4, -0.2) is 23.5 Å². The van der Waals surface area contributed by atoms with Crippen molar-refractivity contribution in [2.45, 2.75) is 33.2 Å². The van der Waals surface area contributed by atoms with Gasteiger partial charge in [-0.25, -0.2) is 14.2 Å². The molecule has 0 bridgehead atoms. The van der Waals surface area contributed by atoms with Crippen molar-refractivity contribution < 1.29 is 23.1 Å². The van der Waals surface area contributed by atoms with Crippen LogP contribution in [0.25, 0.3) is 11.0 Å². The van der Waals surface area contributed by atoms with Gasteiger partial charge < -0.3 is 9.15 Å². The van der Waals surface area contributed by atoms with E-state index in [1.807, 2.05) is 31.2 Å². The molecule has 0 radical (unpaired) electrons. The molecule has 2 aromatic heterocycles. The molecule has 5 rings (SSSR count). The number of benzene rings is 2. The Hall–Kier alpha value is -3.85. The lowest BCUT2D eigenvalue weighted by molar-refractivity contribution is 0.0531. The van der Waals surface area contributed by atoms with Gasteiger partial charge in [0.15, 0.2) is 10.6 Å². The largest absolute Gasteiger partial charge is 0.462 e. The molecule has 0 saturated carbocycles. The van der Waals surface area contributed by atoms with Crippen LogP contribution < -0.4 is 10.3 Å². The molecular weight excluding hydrogens is 471 g/mol. The predicted octanol–water partition coefficient (Wildman–Crippen LogP) is 5.19. The smallest absolute Gasteiger partial charge is 0.350 e. The van der Waals surface area contributed by atoms with Crippen LogP contribution in [0.1, 0.15) is 62.5 Å². The molecule has 178 valence electrons. The van der Waals surface area contributed by atoms with Crippen molar-refractivity contribution in [3.05, 3.63) is 91.5 Å². The van der Waals surface area contributed by atoms with Crippen molar-refractivity contribution >= 4 is 39.3 Å². The van der Waals surface area contributed by atoms with Crippen LogP contribution in [0.15, 0.2) is 51.7 Å². The summed E-state index contributed by atoms with van der Waals surface area (Å²) in [5, 5.41) is 0.289. The van der Waals surface area contributed by atoms with Gasteiger partial charge in [-0.2, -0.15) is 0 Å². The summed E-state index contributed by atoms with van der Waals surface area (Å²) in [6.45, 7) is 5.59. The van der Waals surface area contributed by atoms with Crippen molar-refractivity contribution in [1.29, 1.82) is 0 Å². The maximum Gasteiger partial charge on any atom is 0.350 e. The van der Waals surface area contributed by atoms with Gasteiger partial charge >= 0.3 is 5.97 Å². The Balaban J connectivity index is 1.74. The number of fused-ring (bicyclic) bond motifs is 2. The number of carbonyl (C=O) groups is 2. The number of anilines is 1. The van der Waals surface area contributed by atoms with Gasteiger partial charge in [0, 0.05) is 0 Å². The number of thiazole rings is 1. The summed E-state index contributed by atoms with van der Waals surface area (Å²) in [6, 6.07) is 10.3. The topological polar surface area (TPSA) is 89.7 Å². The van der Waals surface area contributed by atoms with Crippen LogP contribution in [0.3, 0.4) is 0 Å². The number of carbonyl (C=O) groups excluding carboxylic acids is 2. The fourth-order valence-corrected chi connectivity index (χ4v) is 5.25. The molecule has 35 heavy (non-hydrogen) atoms. The highest BCUT2D eigenvalue weighted by atomic mass is 32.1. The lowest BCUT2D eigenvalue weighted by Gasteiger charge is -2.22. The molecule has 9 heteroatoms. The summed E-state index contributed by atoms with van der Waals surface area (Å²) in [4.78, 5) is 45.7. The van der Waals surface area contributed by atoms with Crippen LogP contribution in [0, 0.1) is 12.7 Å². The van der Waals surface area contributed by atoms with Crippen LogP contribution in [0.2, 0.25) is 0 Å². The Morgan fingerprint density at radius 1 is 1.17 bits per heavy atom. The second kappa shape index (κ2) is 8.74. The van der Waals surface area contributed by atoms with Gasteiger partial charge in [-0.1, -0.05) is 42.5 Å². The first kappa shape index (κ1) is 22.9. The Labute approximate surface area is 203 Å². The van der Waals surface area contributed by atoms with Crippen LogP contribution in [0.4, 0.5) is 9.52 Å². The van der Waals surface area contributed by atoms with Gasteiger partial charge in [0.1, 0.15) is 16.3 Å². The zero-order valence-corrected chi connectivity index (χ0v) is 20.1. The number of esters is 1. The Kier molecular flexibility index (Phi) is 5.72. The lowest BCUT2D eigenvalue weighted by Crippen LogP contribution is -2.29. The van der Waals surface area contributed by atoms with Gasteiger partial charge in [-0.3, -0.25) is 14.5 Å². The number of amides is 1. The van der Waals surface area contributed by atoms with E-state index < -0.39 is 29.2 Å². The summed E-state index contributed by atoms with van der Waals surface area (Å²) in [6.07, 6.45) is 0.824. The van der Waals surface area contributed by atoms with E-state index in [1.165, 1.54) is 17.0 Å². The van der Waals surface area contributed by atoms with Gasteiger partial charge in [0.2, 0.25) is 5.76 Å². The standard InChI is InChI=1S/C26H21FN2O5S/c1-4-14-6-8-15(9-7-14)20-19-21(30)17-12-16(27)10-11-18(17)34-22(19)24(31)29(20)26-28-13(3)23(35-26)25(32)33-5-2/h6-12,20H,4-5H2,1-3H3/t20-/m0/s1. The van der Waals surface area contributed by atoms with E-state index in [1.54, 1.807) is 13.8 Å². The highest BCUT2D eigenvalue weighted by Gasteiger charge is 2.45. The van der Waals surface area contributed by atoms with E-state index >= 15 is 0 Å². The van der Waals surface area contributed by atoms with Crippen molar-refractivity contribution in [3.63, 3.8) is 0 Å². The number of aromatic nitrogens is 1. The summed E-state index contributed by atoms with van der Waals surface area (Å²) in [5.74, 6) is -1.79. The summed E-state index contributed by atoms with van der Waals surface area (Å²) >= 11 is 1.01. The molecule has 1 amide bonds. The third-order valence-electron chi connectivity index (χ3n) is 5.99. The lowest BCUT2D eigenvalue weighted by atomic mass is 9.97. The fourth-order valence-electron chi connectivity index (χ4n) is 4.26. The van der Waals surface area contributed by atoms with E-state index in [9.17, 15) is 18.8 Å². The van der Waals surface area contributed by atoms with Gasteiger partial charge in [0.25, 0.3) is 5.91 Å². The van der Waals surface area contributed by atoms with Gasteiger partial charge in [-0.15, -0.1) is 0 Å². The van der Waals surface area contributed by atoms with Crippen molar-refractivity contribution in [2.24, 2.45) is 0 Å². The molecule has 3 heterocycles. The van der Waals surface area contributed by atoms with E-state index in [0.717, 1.165) is 29.4 Å². The molecule has 1 atom stereocenters. The Bertz CT molecular complexity index is 1540. The molecule has 1 aliphatic rings. The molecule has 0 fully saturated rings. The first-order valence-electron chi connectivity index (χ1n) is 11.2. The normalized spacial score (nSPS) is 15.0. The average Bonchev–Trinajstić information content (AvgIpc) is 3.37. The highest BCUT2D eigenvalue weighted by molar-refractivity contribution is 7.17. The quantitative estimate of drug-likeness (QED) is 0.357. The third-order valence-corrected chi connectivity index (χ3v) is 7.12. The van der Waals surface area contributed by atoms with E-state index in [2.05, 4.69) is 4.98 Å². The second-order valence-corrected chi connectivity index (χ2v) is 9.10. The molecule has 0 unspecified atom stereocenters. The Morgan fingerprint density at radius 3 is 2.60 bits per heavy atom. The highest BCUT2D eigenvalue weighted by Crippen LogP contribution is 2.43. The zero-order chi connectivity index (χ0) is 24.9. The summed E-state index contributed by atoms with van der Waals surface area (Å²) < 4.78 is 24.9. The van der Waals surface area contributed by atoms with E-state index in [0.29, 0.717) is 11.3 Å². The molecule has 0 saturated heterocycles. The van der Waals surface area contributed by atoms with Gasteiger partial charge in [-0.05, 0) is 49.6 Å². The minimum Gasteiger partial charge on any atom is -0.462 e. The number of hydrogen-bond acceptors (Lipinski definition) is 7. The Morgan fingerprint density at radius 2 is 1.91 bits per heavy atom. The first-order valence-corrected chi connectivity index (χ1v) is 12.0. The number of nitrogens with zero attached hydrogens (tertiary/aromatic N) is 2. The summed E-state index contributed by atoms with van der Waals surface area (Å²) in [7, 11) is 0. The molecule has 0 N–H and O–H groups in total. The molecule has 0 aliphatic carbocycles. The number of halogens is 1. The summed E-state index contributed by atoms with van der Waals surface area (Å²) in [5.41, 5.74) is 1.92. The maximum atomic E-state index is 14.0. The molecule has 4 aromatic rings. The zero-order valence-electron chi connectivity index (χ0n) is 19.3. The van der Waals surface area contributed by atoms with Crippen LogP contribution >= 0.6 is 11.3 Å². The van der Waals surface area contributed by atoms with Gasteiger partial charge in [0.05, 0.1) is 29.3 Å². The second-order valence-electron chi connectivity index (χ2n) is 8.12. The minimum absolute atomic E-state index is 0.0520. The van der Waals surface area contributed by atoms with E-state index in [-0.39, 0.29) is 38.9 Å². The molecular formula is C26H21FN2O5S. The third kappa shape index (κ3) is 3.72. The number of rotatable bonds is 5. The van der Waals surface area contributed by atoms with Crippen molar-refractivity contribution in [2.75, 3.05) is 11.5 Å². The monoisotopic (exact) mass is 492 g/mol. The van der Waals surface area contributed by atoms with Crippen LogP contribution in [0.5, 0.6) is 0 Å². The van der Waals surface area contributed by atoms with Crippen LogP contribution in [-0.2, 0) is 11.2 Å². The number of ether oxygens (including phenoxy) is 1. The average molecular weight is 493 g/mol. The molecule has 2 aromatic carbocycles. The van der Waals surface area contributed by atoms with E-state index in [4.69, 9.17) is 9.15 Å². The minimum atomic E-state index is -0.854.